The molecule has 0 unspecified atom stereocenters. The monoisotopic (exact) mass is 203 g/mol. The molecule has 0 aromatic carbocycles. The Balaban J connectivity index is 2.19. The van der Waals surface area contributed by atoms with Crippen LogP contribution in [0.5, 0.6) is 0 Å². The normalized spacial score (nSPS) is 17.5. The van der Waals surface area contributed by atoms with Crippen LogP contribution >= 0.6 is 0 Å². The van der Waals surface area contributed by atoms with Crippen LogP contribution < -0.4 is 4.90 Å². The summed E-state index contributed by atoms with van der Waals surface area (Å²) in [5.74, 6) is 0.716. The summed E-state index contributed by atoms with van der Waals surface area (Å²) >= 11 is 0. The van der Waals surface area contributed by atoms with Crippen LogP contribution in [0.4, 0.5) is 5.82 Å². The maximum Gasteiger partial charge on any atom is 0.183 e. The fourth-order valence-electron chi connectivity index (χ4n) is 1.66. The highest BCUT2D eigenvalue weighted by atomic mass is 15.3. The average molecular weight is 203 g/mol. The lowest BCUT2D eigenvalue weighted by Crippen LogP contribution is -2.45. The van der Waals surface area contributed by atoms with Gasteiger partial charge in [0.25, 0.3) is 0 Å². The van der Waals surface area contributed by atoms with Gasteiger partial charge in [-0.15, -0.1) is 0 Å². The summed E-state index contributed by atoms with van der Waals surface area (Å²) in [4.78, 5) is 12.6. The minimum absolute atomic E-state index is 0.419. The second-order valence-corrected chi connectivity index (χ2v) is 3.63. The number of hydrogen-bond acceptors (Lipinski definition) is 5. The number of anilines is 1. The van der Waals surface area contributed by atoms with Gasteiger partial charge in [0.15, 0.2) is 11.5 Å². The van der Waals surface area contributed by atoms with Crippen molar-refractivity contribution < 1.29 is 0 Å². The lowest BCUT2D eigenvalue weighted by Gasteiger charge is -2.33. The highest BCUT2D eigenvalue weighted by Crippen LogP contribution is 2.15. The van der Waals surface area contributed by atoms with Crippen molar-refractivity contribution in [3.8, 4) is 6.07 Å². The quantitative estimate of drug-likeness (QED) is 0.648. The van der Waals surface area contributed by atoms with Crippen molar-refractivity contribution in [1.29, 1.82) is 5.26 Å². The molecule has 5 nitrogen and oxygen atoms in total. The second kappa shape index (κ2) is 4.24. The molecule has 0 aliphatic carbocycles. The number of nitriles is 1. The highest BCUT2D eigenvalue weighted by Gasteiger charge is 2.18. The molecule has 1 aliphatic rings. The molecule has 2 rings (SSSR count). The number of likely N-dealkylation sites (N-methyl/N-ethyl adjacent to an activating group) is 1. The summed E-state index contributed by atoms with van der Waals surface area (Å²) in [7, 11) is 2.10. The Bertz CT molecular complexity index is 376. The summed E-state index contributed by atoms with van der Waals surface area (Å²) < 4.78 is 0. The van der Waals surface area contributed by atoms with Gasteiger partial charge in [-0.25, -0.2) is 9.97 Å². The molecule has 1 aromatic heterocycles. The van der Waals surface area contributed by atoms with Gasteiger partial charge in [0.05, 0.1) is 0 Å². The van der Waals surface area contributed by atoms with Crippen LogP contribution in [0.15, 0.2) is 12.4 Å². The Labute approximate surface area is 89.0 Å². The van der Waals surface area contributed by atoms with Crippen LogP contribution in [0, 0.1) is 11.3 Å². The topological polar surface area (TPSA) is 56.1 Å². The van der Waals surface area contributed by atoms with Crippen molar-refractivity contribution in [2.24, 2.45) is 0 Å². The van der Waals surface area contributed by atoms with Crippen LogP contribution in [0.1, 0.15) is 5.69 Å². The van der Waals surface area contributed by atoms with Gasteiger partial charge in [-0.1, -0.05) is 0 Å². The largest absolute Gasteiger partial charge is 0.352 e. The molecule has 1 saturated heterocycles. The van der Waals surface area contributed by atoms with E-state index in [1.807, 2.05) is 0 Å². The fourth-order valence-corrected chi connectivity index (χ4v) is 1.66. The number of nitrogens with zero attached hydrogens (tertiary/aromatic N) is 5. The molecule has 5 heteroatoms. The smallest absolute Gasteiger partial charge is 0.183 e. The standard InChI is InChI=1S/C10H13N5/c1-14-4-6-15(7-5-14)10-9(8-11)12-2-3-13-10/h2-3H,4-7H2,1H3. The van der Waals surface area contributed by atoms with Gasteiger partial charge >= 0.3 is 0 Å². The zero-order valence-corrected chi connectivity index (χ0v) is 8.72. The third kappa shape index (κ3) is 2.05. The average Bonchev–Trinajstić information content (AvgIpc) is 2.30. The van der Waals surface area contributed by atoms with E-state index in [0.717, 1.165) is 26.2 Å². The zero-order valence-electron chi connectivity index (χ0n) is 8.72. The van der Waals surface area contributed by atoms with Crippen molar-refractivity contribution in [3.63, 3.8) is 0 Å². The summed E-state index contributed by atoms with van der Waals surface area (Å²) in [6.07, 6.45) is 3.19. The summed E-state index contributed by atoms with van der Waals surface area (Å²) in [6.45, 7) is 3.82. The summed E-state index contributed by atoms with van der Waals surface area (Å²) in [6, 6.07) is 2.08. The van der Waals surface area contributed by atoms with Crippen LogP contribution in [0.2, 0.25) is 0 Å². The molecule has 0 saturated carbocycles. The Kier molecular flexibility index (Phi) is 2.79. The van der Waals surface area contributed by atoms with Crippen molar-refractivity contribution in [1.82, 2.24) is 14.9 Å². The maximum atomic E-state index is 8.91. The second-order valence-electron chi connectivity index (χ2n) is 3.63. The lowest BCUT2D eigenvalue weighted by atomic mass is 10.3. The lowest BCUT2D eigenvalue weighted by molar-refractivity contribution is 0.312. The Morgan fingerprint density at radius 1 is 1.20 bits per heavy atom. The molecule has 0 N–H and O–H groups in total. The highest BCUT2D eigenvalue weighted by molar-refractivity contribution is 5.49. The van der Waals surface area contributed by atoms with E-state index in [1.54, 1.807) is 12.4 Å². The van der Waals surface area contributed by atoms with E-state index < -0.39 is 0 Å². The first-order chi connectivity index (χ1) is 7.31. The predicted molar refractivity (Wildman–Crippen MR) is 56.5 cm³/mol. The van der Waals surface area contributed by atoms with Crippen molar-refractivity contribution in [2.75, 3.05) is 38.1 Å². The molecule has 1 aliphatic heterocycles. The van der Waals surface area contributed by atoms with Crippen molar-refractivity contribution in [3.05, 3.63) is 18.1 Å². The van der Waals surface area contributed by atoms with E-state index in [0.29, 0.717) is 11.5 Å². The van der Waals surface area contributed by atoms with Gasteiger partial charge in [-0.05, 0) is 7.05 Å². The first-order valence-corrected chi connectivity index (χ1v) is 4.96. The molecule has 1 fully saturated rings. The summed E-state index contributed by atoms with van der Waals surface area (Å²) in [5.41, 5.74) is 0.419. The van der Waals surface area contributed by atoms with Crippen LogP contribution in [-0.4, -0.2) is 48.1 Å². The van der Waals surface area contributed by atoms with Gasteiger partial charge < -0.3 is 9.80 Å². The van der Waals surface area contributed by atoms with E-state index in [-0.39, 0.29) is 0 Å². The summed E-state index contributed by atoms with van der Waals surface area (Å²) in [5, 5.41) is 8.91. The maximum absolute atomic E-state index is 8.91. The van der Waals surface area contributed by atoms with Crippen LogP contribution in [0.25, 0.3) is 0 Å². The van der Waals surface area contributed by atoms with E-state index in [9.17, 15) is 0 Å². The third-order valence-electron chi connectivity index (χ3n) is 2.59. The molecule has 78 valence electrons. The molecular formula is C10H13N5. The Morgan fingerprint density at radius 3 is 2.53 bits per heavy atom. The first kappa shape index (κ1) is 9.87. The van der Waals surface area contributed by atoms with Gasteiger partial charge in [-0.2, -0.15) is 5.26 Å². The van der Waals surface area contributed by atoms with E-state index >= 15 is 0 Å². The molecular weight excluding hydrogens is 190 g/mol. The van der Waals surface area contributed by atoms with E-state index in [2.05, 4.69) is 32.9 Å². The van der Waals surface area contributed by atoms with Crippen LogP contribution in [-0.2, 0) is 0 Å². The SMILES string of the molecule is CN1CCN(c2nccnc2C#N)CC1. The Morgan fingerprint density at radius 2 is 1.87 bits per heavy atom. The fraction of sp³-hybridized carbons (Fsp3) is 0.500. The zero-order chi connectivity index (χ0) is 10.7. The van der Waals surface area contributed by atoms with E-state index in [4.69, 9.17) is 5.26 Å². The van der Waals surface area contributed by atoms with Crippen molar-refractivity contribution >= 4 is 5.82 Å². The minimum Gasteiger partial charge on any atom is -0.352 e. The number of hydrogen-bond donors (Lipinski definition) is 0. The van der Waals surface area contributed by atoms with Gasteiger partial charge in [-0.3, -0.25) is 0 Å². The molecule has 0 radical (unpaired) electrons. The molecule has 1 aromatic rings. The van der Waals surface area contributed by atoms with E-state index in [1.165, 1.54) is 0 Å². The molecule has 0 spiro atoms. The predicted octanol–water partition coefficient (Wildman–Crippen LogP) is 0.100. The molecule has 15 heavy (non-hydrogen) atoms. The molecule has 0 atom stereocenters. The molecule has 0 amide bonds. The Hall–Kier alpha value is -1.67. The molecule has 0 bridgehead atoms. The van der Waals surface area contributed by atoms with Crippen LogP contribution in [0.3, 0.4) is 0 Å². The number of piperazine rings is 1. The van der Waals surface area contributed by atoms with Gasteiger partial charge in [0.2, 0.25) is 0 Å². The number of rotatable bonds is 1. The van der Waals surface area contributed by atoms with Crippen molar-refractivity contribution in [2.45, 2.75) is 0 Å². The minimum atomic E-state index is 0.419. The molecule has 2 heterocycles. The van der Waals surface area contributed by atoms with Gasteiger partial charge in [0.1, 0.15) is 6.07 Å². The van der Waals surface area contributed by atoms with Gasteiger partial charge in [0, 0.05) is 38.6 Å². The number of aromatic nitrogens is 2. The third-order valence-corrected chi connectivity index (χ3v) is 2.59. The first-order valence-electron chi connectivity index (χ1n) is 4.96.